The molecule has 0 saturated carbocycles. The Balaban J connectivity index is 1.96. The number of ketones is 1. The van der Waals surface area contributed by atoms with Crippen molar-refractivity contribution in [2.75, 3.05) is 0 Å². The lowest BCUT2D eigenvalue weighted by atomic mass is 9.78. The number of fused-ring (bicyclic) bond motifs is 1. The lowest BCUT2D eigenvalue weighted by Gasteiger charge is -2.39. The van der Waals surface area contributed by atoms with Gasteiger partial charge in [-0.2, -0.15) is 0 Å². The van der Waals surface area contributed by atoms with Crippen molar-refractivity contribution in [2.24, 2.45) is 0 Å². The first-order chi connectivity index (χ1) is 12.5. The Labute approximate surface area is 149 Å². The van der Waals surface area contributed by atoms with Gasteiger partial charge in [0.1, 0.15) is 28.6 Å². The summed E-state index contributed by atoms with van der Waals surface area (Å²) in [7, 11) is 0. The highest BCUT2D eigenvalue weighted by molar-refractivity contribution is 6.03. The normalized spacial score (nSPS) is 18.8. The molecule has 0 fully saturated rings. The van der Waals surface area contributed by atoms with Gasteiger partial charge in [-0.05, 0) is 12.1 Å². The SMILES string of the molecule is O=C1CC(c2ccccc2)(c2ccc(O)cc2)Oc2cc(O)cc(O)c21. The molecule has 0 saturated heterocycles. The van der Waals surface area contributed by atoms with Gasteiger partial charge in [0, 0.05) is 23.3 Å². The van der Waals surface area contributed by atoms with Gasteiger partial charge in [-0.15, -0.1) is 0 Å². The lowest BCUT2D eigenvalue weighted by Crippen LogP contribution is -2.40. The number of hydrogen-bond donors (Lipinski definition) is 3. The first kappa shape index (κ1) is 16.0. The second kappa shape index (κ2) is 5.81. The fraction of sp³-hybridized carbons (Fsp3) is 0.0952. The Bertz CT molecular complexity index is 979. The van der Waals surface area contributed by atoms with Crippen LogP contribution < -0.4 is 4.74 Å². The molecule has 1 heterocycles. The molecule has 3 aromatic rings. The molecule has 0 aromatic heterocycles. The maximum Gasteiger partial charge on any atom is 0.175 e. The molecule has 26 heavy (non-hydrogen) atoms. The summed E-state index contributed by atoms with van der Waals surface area (Å²) in [6, 6.07) is 18.2. The molecule has 0 amide bonds. The van der Waals surface area contributed by atoms with Crippen molar-refractivity contribution in [1.29, 1.82) is 0 Å². The number of benzene rings is 3. The number of phenols is 3. The Kier molecular flexibility index (Phi) is 3.58. The van der Waals surface area contributed by atoms with Crippen molar-refractivity contribution in [2.45, 2.75) is 12.0 Å². The second-order valence-electron chi connectivity index (χ2n) is 6.28. The molecule has 0 spiro atoms. The van der Waals surface area contributed by atoms with Gasteiger partial charge in [-0.3, -0.25) is 4.79 Å². The van der Waals surface area contributed by atoms with E-state index in [1.54, 1.807) is 12.1 Å². The van der Waals surface area contributed by atoms with Crippen LogP contribution in [-0.4, -0.2) is 21.1 Å². The van der Waals surface area contributed by atoms with Crippen LogP contribution in [0.5, 0.6) is 23.0 Å². The van der Waals surface area contributed by atoms with Crippen molar-refractivity contribution in [1.82, 2.24) is 0 Å². The molecule has 3 N–H and O–H groups in total. The van der Waals surface area contributed by atoms with E-state index in [0.717, 1.165) is 11.6 Å². The zero-order valence-corrected chi connectivity index (χ0v) is 13.7. The van der Waals surface area contributed by atoms with Crippen LogP contribution in [0.2, 0.25) is 0 Å². The smallest absolute Gasteiger partial charge is 0.175 e. The van der Waals surface area contributed by atoms with Gasteiger partial charge in [0.15, 0.2) is 11.4 Å². The molecule has 0 bridgehead atoms. The molecule has 5 nitrogen and oxygen atoms in total. The standard InChI is InChI=1S/C21H16O5/c22-15-8-6-14(7-9-15)21(13-4-2-1-3-5-13)12-18(25)20-17(24)10-16(23)11-19(20)26-21/h1-11,22-24H,12H2. The molecule has 0 aliphatic carbocycles. The monoisotopic (exact) mass is 348 g/mol. The molecule has 4 rings (SSSR count). The van der Waals surface area contributed by atoms with Crippen LogP contribution >= 0.6 is 0 Å². The minimum Gasteiger partial charge on any atom is -0.508 e. The van der Waals surface area contributed by atoms with E-state index < -0.39 is 5.60 Å². The van der Waals surface area contributed by atoms with Crippen molar-refractivity contribution < 1.29 is 24.9 Å². The van der Waals surface area contributed by atoms with E-state index in [1.807, 2.05) is 30.3 Å². The number of carbonyl (C=O) groups excluding carboxylic acids is 1. The highest BCUT2D eigenvalue weighted by atomic mass is 16.5. The van der Waals surface area contributed by atoms with Crippen LogP contribution in [0.1, 0.15) is 27.9 Å². The van der Waals surface area contributed by atoms with Crippen LogP contribution in [0.4, 0.5) is 0 Å². The maximum absolute atomic E-state index is 12.9. The summed E-state index contributed by atoms with van der Waals surface area (Å²) in [5.74, 6) is -0.563. The molecule has 1 aliphatic rings. The molecule has 130 valence electrons. The quantitative estimate of drug-likeness (QED) is 0.657. The Hall–Kier alpha value is -3.47. The van der Waals surface area contributed by atoms with Gasteiger partial charge >= 0.3 is 0 Å². The molecular weight excluding hydrogens is 332 g/mol. The predicted molar refractivity (Wildman–Crippen MR) is 94.7 cm³/mol. The van der Waals surface area contributed by atoms with Gasteiger partial charge in [0.2, 0.25) is 0 Å². The van der Waals surface area contributed by atoms with Crippen LogP contribution in [-0.2, 0) is 5.60 Å². The third-order valence-corrected chi connectivity index (χ3v) is 4.61. The highest BCUT2D eigenvalue weighted by Crippen LogP contribution is 2.47. The summed E-state index contributed by atoms with van der Waals surface area (Å²) >= 11 is 0. The van der Waals surface area contributed by atoms with E-state index in [4.69, 9.17) is 4.74 Å². The first-order valence-electron chi connectivity index (χ1n) is 8.13. The van der Waals surface area contributed by atoms with Gasteiger partial charge < -0.3 is 20.1 Å². The Morgan fingerprint density at radius 3 is 2.15 bits per heavy atom. The molecule has 1 aliphatic heterocycles. The minimum absolute atomic E-state index is 0.0207. The topological polar surface area (TPSA) is 87.0 Å². The summed E-state index contributed by atoms with van der Waals surface area (Å²) in [6.07, 6.45) is -0.0207. The number of rotatable bonds is 2. The minimum atomic E-state index is -1.13. The number of aromatic hydroxyl groups is 3. The lowest BCUT2D eigenvalue weighted by molar-refractivity contribution is 0.0610. The second-order valence-corrected chi connectivity index (χ2v) is 6.28. The van der Waals surface area contributed by atoms with E-state index in [0.29, 0.717) is 5.56 Å². The van der Waals surface area contributed by atoms with E-state index >= 15 is 0 Å². The molecule has 3 aromatic carbocycles. The number of carbonyl (C=O) groups is 1. The fourth-order valence-corrected chi connectivity index (χ4v) is 3.41. The highest BCUT2D eigenvalue weighted by Gasteiger charge is 2.44. The number of ether oxygens (including phenoxy) is 1. The van der Waals surface area contributed by atoms with Crippen molar-refractivity contribution in [3.05, 3.63) is 83.4 Å². The van der Waals surface area contributed by atoms with Gasteiger partial charge in [0.25, 0.3) is 0 Å². The van der Waals surface area contributed by atoms with Gasteiger partial charge in [-0.1, -0.05) is 42.5 Å². The Morgan fingerprint density at radius 1 is 0.808 bits per heavy atom. The molecular formula is C21H16O5. The van der Waals surface area contributed by atoms with Crippen LogP contribution in [0.15, 0.2) is 66.7 Å². The molecule has 0 radical (unpaired) electrons. The summed E-state index contributed by atoms with van der Waals surface area (Å²) in [5.41, 5.74) is 0.378. The summed E-state index contributed by atoms with van der Waals surface area (Å²) < 4.78 is 6.24. The number of hydrogen-bond acceptors (Lipinski definition) is 5. The van der Waals surface area contributed by atoms with Crippen molar-refractivity contribution >= 4 is 5.78 Å². The first-order valence-corrected chi connectivity index (χ1v) is 8.13. The molecule has 1 atom stereocenters. The summed E-state index contributed by atoms with van der Waals surface area (Å²) in [6.45, 7) is 0. The number of Topliss-reactive ketones (excluding diaryl/α,β-unsaturated/α-hetero) is 1. The fourth-order valence-electron chi connectivity index (χ4n) is 3.41. The maximum atomic E-state index is 12.9. The Morgan fingerprint density at radius 2 is 1.46 bits per heavy atom. The average molecular weight is 348 g/mol. The predicted octanol–water partition coefficient (Wildman–Crippen LogP) is 3.71. The summed E-state index contributed by atoms with van der Waals surface area (Å²) in [4.78, 5) is 12.9. The van der Waals surface area contributed by atoms with E-state index in [2.05, 4.69) is 0 Å². The van der Waals surface area contributed by atoms with Crippen LogP contribution in [0.25, 0.3) is 0 Å². The third kappa shape index (κ3) is 2.45. The van der Waals surface area contributed by atoms with E-state index in [1.165, 1.54) is 18.2 Å². The van der Waals surface area contributed by atoms with Gasteiger partial charge in [0.05, 0.1) is 6.42 Å². The average Bonchev–Trinajstić information content (AvgIpc) is 2.62. The molecule has 1 unspecified atom stereocenters. The summed E-state index contributed by atoms with van der Waals surface area (Å²) in [5, 5.41) is 29.5. The van der Waals surface area contributed by atoms with E-state index in [9.17, 15) is 20.1 Å². The largest absolute Gasteiger partial charge is 0.508 e. The third-order valence-electron chi connectivity index (χ3n) is 4.61. The van der Waals surface area contributed by atoms with E-state index in [-0.39, 0.29) is 40.8 Å². The van der Waals surface area contributed by atoms with Crippen LogP contribution in [0.3, 0.4) is 0 Å². The van der Waals surface area contributed by atoms with Crippen molar-refractivity contribution in [3.63, 3.8) is 0 Å². The zero-order chi connectivity index (χ0) is 18.3. The van der Waals surface area contributed by atoms with Crippen molar-refractivity contribution in [3.8, 4) is 23.0 Å². The number of phenolic OH excluding ortho intramolecular Hbond substituents is 3. The molecule has 5 heteroatoms. The van der Waals surface area contributed by atoms with Gasteiger partial charge in [-0.25, -0.2) is 0 Å². The zero-order valence-electron chi connectivity index (χ0n) is 13.7. The van der Waals surface area contributed by atoms with Crippen LogP contribution in [0, 0.1) is 0 Å².